The monoisotopic (exact) mass is 351 g/mol. The minimum absolute atomic E-state index is 0.00814. The average Bonchev–Trinajstić information content (AvgIpc) is 3.25. The van der Waals surface area contributed by atoms with Gasteiger partial charge in [-0.2, -0.15) is 0 Å². The summed E-state index contributed by atoms with van der Waals surface area (Å²) in [5.74, 6) is -1.70. The molecule has 5 heteroatoms. The van der Waals surface area contributed by atoms with Crippen molar-refractivity contribution in [3.8, 4) is 0 Å². The highest BCUT2D eigenvalue weighted by molar-refractivity contribution is 6.25. The van der Waals surface area contributed by atoms with Gasteiger partial charge >= 0.3 is 5.97 Å². The number of para-hydroxylation sites is 1. The summed E-state index contributed by atoms with van der Waals surface area (Å²) >= 11 is 0. The maximum atomic E-state index is 13.2. The zero-order valence-electron chi connectivity index (χ0n) is 15.1. The number of hydrogen-bond acceptors (Lipinski definition) is 4. The van der Waals surface area contributed by atoms with Crippen LogP contribution < -0.4 is 4.90 Å². The lowest BCUT2D eigenvalue weighted by Gasteiger charge is -2.21. The Labute approximate surface area is 152 Å². The lowest BCUT2D eigenvalue weighted by atomic mass is 9.85. The van der Waals surface area contributed by atoms with Crippen LogP contribution in [-0.2, 0) is 14.3 Å². The van der Waals surface area contributed by atoms with Gasteiger partial charge in [0.1, 0.15) is 0 Å². The number of carbonyl (C=O) groups is 3. The second-order valence-electron chi connectivity index (χ2n) is 7.19. The summed E-state index contributed by atoms with van der Waals surface area (Å²) in [5.41, 5.74) is 2.96. The van der Waals surface area contributed by atoms with E-state index in [1.807, 2.05) is 13.8 Å². The van der Waals surface area contributed by atoms with E-state index in [0.717, 1.165) is 0 Å². The highest BCUT2D eigenvalue weighted by Crippen LogP contribution is 2.57. The summed E-state index contributed by atoms with van der Waals surface area (Å²) in [6, 6.07) is 6.66. The molecule has 26 heavy (non-hydrogen) atoms. The van der Waals surface area contributed by atoms with Crippen molar-refractivity contribution in [3.63, 3.8) is 0 Å². The first-order valence-corrected chi connectivity index (χ1v) is 8.97. The third-order valence-electron chi connectivity index (χ3n) is 5.63. The highest BCUT2D eigenvalue weighted by Gasteiger charge is 2.62. The number of imide groups is 1. The molecule has 0 aromatic heterocycles. The Morgan fingerprint density at radius 1 is 1.04 bits per heavy atom. The second kappa shape index (κ2) is 5.94. The van der Waals surface area contributed by atoms with Crippen molar-refractivity contribution in [2.75, 3.05) is 11.5 Å². The molecule has 1 heterocycles. The largest absolute Gasteiger partial charge is 0.462 e. The molecule has 1 saturated carbocycles. The number of hydrogen-bond donors (Lipinski definition) is 0. The van der Waals surface area contributed by atoms with Gasteiger partial charge in [-0.3, -0.25) is 9.59 Å². The van der Waals surface area contributed by atoms with Crippen molar-refractivity contribution in [1.82, 2.24) is 0 Å². The Hall–Kier alpha value is -2.69. The SMILES string of the molecule is CCOC(=O)c1ccccc1N1C(=O)[C@@H]2[C@H](C1=O)[C@@H]1C=C[C@@H]2C1=C(C)C. The van der Waals surface area contributed by atoms with Crippen LogP contribution in [0.3, 0.4) is 0 Å². The molecule has 0 unspecified atom stereocenters. The molecule has 3 aliphatic rings. The van der Waals surface area contributed by atoms with Crippen molar-refractivity contribution < 1.29 is 19.1 Å². The van der Waals surface area contributed by atoms with Gasteiger partial charge in [-0.1, -0.05) is 35.4 Å². The Balaban J connectivity index is 1.75. The summed E-state index contributed by atoms with van der Waals surface area (Å²) in [6.07, 6.45) is 4.11. The Morgan fingerprint density at radius 3 is 2.15 bits per heavy atom. The number of anilines is 1. The number of allylic oxidation sites excluding steroid dienone is 4. The van der Waals surface area contributed by atoms with Crippen molar-refractivity contribution >= 4 is 23.5 Å². The highest BCUT2D eigenvalue weighted by atomic mass is 16.5. The Morgan fingerprint density at radius 2 is 1.62 bits per heavy atom. The molecule has 4 rings (SSSR count). The topological polar surface area (TPSA) is 63.7 Å². The number of esters is 1. The van der Waals surface area contributed by atoms with Gasteiger partial charge in [0.15, 0.2) is 0 Å². The van der Waals surface area contributed by atoms with Crippen LogP contribution in [0.2, 0.25) is 0 Å². The first-order valence-electron chi connectivity index (χ1n) is 8.97. The van der Waals surface area contributed by atoms with Crippen LogP contribution in [0.5, 0.6) is 0 Å². The van der Waals surface area contributed by atoms with Crippen LogP contribution in [0.1, 0.15) is 31.1 Å². The van der Waals surface area contributed by atoms with E-state index in [0.29, 0.717) is 5.69 Å². The Kier molecular flexibility index (Phi) is 3.83. The van der Waals surface area contributed by atoms with Crippen LogP contribution in [0, 0.1) is 23.7 Å². The molecule has 1 aromatic carbocycles. The quantitative estimate of drug-likeness (QED) is 0.477. The molecule has 0 spiro atoms. The molecule has 2 fully saturated rings. The molecule has 5 nitrogen and oxygen atoms in total. The Bertz CT molecular complexity index is 844. The molecular weight excluding hydrogens is 330 g/mol. The minimum atomic E-state index is -0.521. The average molecular weight is 351 g/mol. The molecule has 4 atom stereocenters. The number of rotatable bonds is 3. The van der Waals surface area contributed by atoms with E-state index < -0.39 is 5.97 Å². The molecule has 2 aliphatic carbocycles. The predicted octanol–water partition coefficient (Wildman–Crippen LogP) is 3.12. The van der Waals surface area contributed by atoms with Gasteiger partial charge in [-0.25, -0.2) is 9.69 Å². The summed E-state index contributed by atoms with van der Waals surface area (Å²) in [7, 11) is 0. The molecule has 0 radical (unpaired) electrons. The number of ether oxygens (including phenoxy) is 1. The van der Waals surface area contributed by atoms with Crippen molar-refractivity contribution in [3.05, 3.63) is 53.1 Å². The van der Waals surface area contributed by atoms with E-state index in [2.05, 4.69) is 12.2 Å². The summed E-state index contributed by atoms with van der Waals surface area (Å²) in [4.78, 5) is 39.8. The molecule has 1 saturated heterocycles. The van der Waals surface area contributed by atoms with Crippen LogP contribution >= 0.6 is 0 Å². The molecule has 0 N–H and O–H groups in total. The molecule has 2 amide bonds. The molecule has 1 aromatic rings. The fourth-order valence-corrected chi connectivity index (χ4v) is 4.72. The predicted molar refractivity (Wildman–Crippen MR) is 96.4 cm³/mol. The third-order valence-corrected chi connectivity index (χ3v) is 5.63. The van der Waals surface area contributed by atoms with E-state index in [4.69, 9.17) is 4.74 Å². The molecule has 134 valence electrons. The fourth-order valence-electron chi connectivity index (χ4n) is 4.72. The smallest absolute Gasteiger partial charge is 0.340 e. The maximum Gasteiger partial charge on any atom is 0.340 e. The first-order chi connectivity index (χ1) is 12.5. The van der Waals surface area contributed by atoms with Crippen LogP contribution in [0.25, 0.3) is 0 Å². The number of carbonyl (C=O) groups excluding carboxylic acids is 3. The van der Waals surface area contributed by atoms with Crippen molar-refractivity contribution in [1.29, 1.82) is 0 Å². The first kappa shape index (κ1) is 16.8. The van der Waals surface area contributed by atoms with Gasteiger partial charge in [0.05, 0.1) is 29.7 Å². The van der Waals surface area contributed by atoms with Gasteiger partial charge in [0.25, 0.3) is 0 Å². The van der Waals surface area contributed by atoms with E-state index >= 15 is 0 Å². The van der Waals surface area contributed by atoms with Crippen LogP contribution in [0.15, 0.2) is 47.6 Å². The molecule has 2 bridgehead atoms. The number of amides is 2. The second-order valence-corrected chi connectivity index (χ2v) is 7.19. The zero-order chi connectivity index (χ0) is 18.6. The maximum absolute atomic E-state index is 13.2. The van der Waals surface area contributed by atoms with Gasteiger partial charge < -0.3 is 4.74 Å². The summed E-state index contributed by atoms with van der Waals surface area (Å²) in [5, 5.41) is 0. The summed E-state index contributed by atoms with van der Waals surface area (Å²) < 4.78 is 5.09. The van der Waals surface area contributed by atoms with Crippen molar-refractivity contribution in [2.45, 2.75) is 20.8 Å². The van der Waals surface area contributed by atoms with Gasteiger partial charge in [0.2, 0.25) is 11.8 Å². The number of nitrogens with zero attached hydrogens (tertiary/aromatic N) is 1. The standard InChI is InChI=1S/C21H21NO4/c1-4-26-21(25)12-7-5-6-8-15(12)22-19(23)17-13-9-10-14(16(13)11(2)3)18(17)20(22)24/h5-10,13-14,17-18H,4H2,1-3H3/t13-,14-,17-,18+/m1/s1. The number of benzene rings is 1. The van der Waals surface area contributed by atoms with Crippen molar-refractivity contribution in [2.24, 2.45) is 23.7 Å². The lowest BCUT2D eigenvalue weighted by Crippen LogP contribution is -2.34. The minimum Gasteiger partial charge on any atom is -0.462 e. The van der Waals surface area contributed by atoms with Crippen LogP contribution in [-0.4, -0.2) is 24.4 Å². The van der Waals surface area contributed by atoms with Gasteiger partial charge in [0, 0.05) is 11.8 Å². The summed E-state index contributed by atoms with van der Waals surface area (Å²) in [6.45, 7) is 6.03. The molecular formula is C21H21NO4. The normalized spacial score (nSPS) is 28.7. The van der Waals surface area contributed by atoms with Crippen LogP contribution in [0.4, 0.5) is 5.69 Å². The van der Waals surface area contributed by atoms with E-state index in [1.54, 1.807) is 31.2 Å². The fraction of sp³-hybridized carbons (Fsp3) is 0.381. The number of fused-ring (bicyclic) bond motifs is 5. The van der Waals surface area contributed by atoms with E-state index in [-0.39, 0.29) is 47.7 Å². The third kappa shape index (κ3) is 2.13. The van der Waals surface area contributed by atoms with E-state index in [9.17, 15) is 14.4 Å². The molecule has 1 aliphatic heterocycles. The van der Waals surface area contributed by atoms with E-state index in [1.165, 1.54) is 16.0 Å². The van der Waals surface area contributed by atoms with Gasteiger partial charge in [-0.05, 0) is 32.9 Å². The zero-order valence-corrected chi connectivity index (χ0v) is 15.1. The van der Waals surface area contributed by atoms with Gasteiger partial charge in [-0.15, -0.1) is 0 Å². The lowest BCUT2D eigenvalue weighted by molar-refractivity contribution is -0.122.